The molecular formula is C17H28N2O2. The molecule has 0 aromatic heterocycles. The zero-order chi connectivity index (χ0) is 14.7. The molecule has 0 spiro atoms. The summed E-state index contributed by atoms with van der Waals surface area (Å²) >= 11 is 0. The van der Waals surface area contributed by atoms with Crippen molar-refractivity contribution in [3.63, 3.8) is 0 Å². The van der Waals surface area contributed by atoms with Crippen LogP contribution >= 0.6 is 0 Å². The SMILES string of the molecule is O=C(NC1CCCCC1)C1CCC(=O)N1C1CCCCC1. The first-order valence-electron chi connectivity index (χ1n) is 8.87. The van der Waals surface area contributed by atoms with E-state index in [9.17, 15) is 9.59 Å². The highest BCUT2D eigenvalue weighted by molar-refractivity contribution is 5.91. The van der Waals surface area contributed by atoms with Crippen molar-refractivity contribution < 1.29 is 9.59 Å². The van der Waals surface area contributed by atoms with Crippen LogP contribution in [0.1, 0.15) is 77.0 Å². The third-order valence-corrected chi connectivity index (χ3v) is 5.48. The standard InChI is InChI=1S/C17H28N2O2/c20-16-12-11-15(19(16)14-9-5-2-6-10-14)17(21)18-13-7-3-1-4-8-13/h13-15H,1-12H2,(H,18,21). The molecule has 4 nitrogen and oxygen atoms in total. The number of carbonyl (C=O) groups is 2. The molecular weight excluding hydrogens is 264 g/mol. The Kier molecular flexibility index (Phi) is 4.81. The Labute approximate surface area is 127 Å². The summed E-state index contributed by atoms with van der Waals surface area (Å²) in [5.41, 5.74) is 0. The van der Waals surface area contributed by atoms with E-state index in [4.69, 9.17) is 0 Å². The predicted molar refractivity (Wildman–Crippen MR) is 81.8 cm³/mol. The molecule has 0 bridgehead atoms. The highest BCUT2D eigenvalue weighted by atomic mass is 16.2. The molecule has 1 heterocycles. The van der Waals surface area contributed by atoms with Gasteiger partial charge in [0.1, 0.15) is 6.04 Å². The van der Waals surface area contributed by atoms with Crippen molar-refractivity contribution in [2.45, 2.75) is 95.2 Å². The van der Waals surface area contributed by atoms with Crippen molar-refractivity contribution in [3.8, 4) is 0 Å². The van der Waals surface area contributed by atoms with Gasteiger partial charge in [-0.2, -0.15) is 0 Å². The van der Waals surface area contributed by atoms with Gasteiger partial charge in [0.15, 0.2) is 0 Å². The molecule has 2 amide bonds. The Morgan fingerprint density at radius 2 is 1.52 bits per heavy atom. The minimum Gasteiger partial charge on any atom is -0.352 e. The van der Waals surface area contributed by atoms with E-state index in [2.05, 4.69) is 5.32 Å². The van der Waals surface area contributed by atoms with Crippen molar-refractivity contribution in [1.29, 1.82) is 0 Å². The van der Waals surface area contributed by atoms with Crippen LogP contribution in [0.5, 0.6) is 0 Å². The molecule has 0 radical (unpaired) electrons. The van der Waals surface area contributed by atoms with Gasteiger partial charge in [0.05, 0.1) is 0 Å². The van der Waals surface area contributed by atoms with Crippen LogP contribution < -0.4 is 5.32 Å². The van der Waals surface area contributed by atoms with Gasteiger partial charge in [-0.3, -0.25) is 9.59 Å². The van der Waals surface area contributed by atoms with Gasteiger partial charge in [0.2, 0.25) is 11.8 Å². The van der Waals surface area contributed by atoms with Gasteiger partial charge in [-0.15, -0.1) is 0 Å². The van der Waals surface area contributed by atoms with Crippen molar-refractivity contribution in [2.75, 3.05) is 0 Å². The zero-order valence-electron chi connectivity index (χ0n) is 13.0. The van der Waals surface area contributed by atoms with Gasteiger partial charge in [0, 0.05) is 18.5 Å². The van der Waals surface area contributed by atoms with E-state index >= 15 is 0 Å². The molecule has 4 heteroatoms. The van der Waals surface area contributed by atoms with Gasteiger partial charge < -0.3 is 10.2 Å². The molecule has 2 aliphatic carbocycles. The van der Waals surface area contributed by atoms with E-state index in [1.165, 1.54) is 38.5 Å². The van der Waals surface area contributed by atoms with Crippen LogP contribution in [0.2, 0.25) is 0 Å². The maximum Gasteiger partial charge on any atom is 0.243 e. The molecule has 0 aromatic rings. The van der Waals surface area contributed by atoms with Gasteiger partial charge in [-0.05, 0) is 32.1 Å². The predicted octanol–water partition coefficient (Wildman–Crippen LogP) is 2.76. The lowest BCUT2D eigenvalue weighted by molar-refractivity contribution is -0.138. The highest BCUT2D eigenvalue weighted by Gasteiger charge is 2.40. The summed E-state index contributed by atoms with van der Waals surface area (Å²) in [5, 5.41) is 3.22. The average molecular weight is 292 g/mol. The van der Waals surface area contributed by atoms with Crippen LogP contribution in [0.15, 0.2) is 0 Å². The number of hydrogen-bond donors (Lipinski definition) is 1. The molecule has 1 aliphatic heterocycles. The van der Waals surface area contributed by atoms with Crippen LogP contribution in [0.3, 0.4) is 0 Å². The lowest BCUT2D eigenvalue weighted by Gasteiger charge is -2.36. The number of amides is 2. The number of likely N-dealkylation sites (tertiary alicyclic amines) is 1. The number of rotatable bonds is 3. The van der Waals surface area contributed by atoms with Crippen molar-refractivity contribution >= 4 is 11.8 Å². The lowest BCUT2D eigenvalue weighted by Crippen LogP contribution is -2.52. The normalized spacial score (nSPS) is 28.9. The second kappa shape index (κ2) is 6.80. The van der Waals surface area contributed by atoms with Crippen LogP contribution in [0, 0.1) is 0 Å². The minimum atomic E-state index is -0.192. The number of carbonyl (C=O) groups excluding carboxylic acids is 2. The first-order chi connectivity index (χ1) is 10.3. The maximum absolute atomic E-state index is 12.6. The molecule has 3 rings (SSSR count). The van der Waals surface area contributed by atoms with E-state index in [1.807, 2.05) is 4.90 Å². The molecule has 3 fully saturated rings. The zero-order valence-corrected chi connectivity index (χ0v) is 13.0. The van der Waals surface area contributed by atoms with Gasteiger partial charge in [-0.25, -0.2) is 0 Å². The molecule has 1 saturated heterocycles. The number of hydrogen-bond acceptors (Lipinski definition) is 2. The fourth-order valence-corrected chi connectivity index (χ4v) is 4.32. The fourth-order valence-electron chi connectivity index (χ4n) is 4.32. The average Bonchev–Trinajstić information content (AvgIpc) is 2.91. The van der Waals surface area contributed by atoms with Gasteiger partial charge in [0.25, 0.3) is 0 Å². The molecule has 1 N–H and O–H groups in total. The largest absolute Gasteiger partial charge is 0.352 e. The third-order valence-electron chi connectivity index (χ3n) is 5.48. The van der Waals surface area contributed by atoms with Crippen LogP contribution in [-0.2, 0) is 9.59 Å². The molecule has 21 heavy (non-hydrogen) atoms. The summed E-state index contributed by atoms with van der Waals surface area (Å²) in [4.78, 5) is 26.8. The van der Waals surface area contributed by atoms with E-state index in [0.717, 1.165) is 25.7 Å². The highest BCUT2D eigenvalue weighted by Crippen LogP contribution is 2.30. The first-order valence-corrected chi connectivity index (χ1v) is 8.87. The summed E-state index contributed by atoms with van der Waals surface area (Å²) < 4.78 is 0. The van der Waals surface area contributed by atoms with E-state index in [-0.39, 0.29) is 17.9 Å². The summed E-state index contributed by atoms with van der Waals surface area (Å²) in [6.45, 7) is 0. The summed E-state index contributed by atoms with van der Waals surface area (Å²) in [6, 6.07) is 0.466. The maximum atomic E-state index is 12.6. The Morgan fingerprint density at radius 1 is 0.905 bits per heavy atom. The molecule has 0 aromatic carbocycles. The molecule has 118 valence electrons. The fraction of sp³-hybridized carbons (Fsp3) is 0.882. The number of nitrogens with one attached hydrogen (secondary N) is 1. The Morgan fingerprint density at radius 3 is 2.19 bits per heavy atom. The van der Waals surface area contributed by atoms with Gasteiger partial charge >= 0.3 is 0 Å². The van der Waals surface area contributed by atoms with Crippen molar-refractivity contribution in [1.82, 2.24) is 10.2 Å². The first kappa shape index (κ1) is 14.9. The van der Waals surface area contributed by atoms with E-state index < -0.39 is 0 Å². The Balaban J connectivity index is 1.61. The van der Waals surface area contributed by atoms with E-state index in [1.54, 1.807) is 0 Å². The molecule has 1 atom stereocenters. The number of nitrogens with zero attached hydrogens (tertiary/aromatic N) is 1. The molecule has 2 saturated carbocycles. The van der Waals surface area contributed by atoms with Crippen LogP contribution in [0.4, 0.5) is 0 Å². The van der Waals surface area contributed by atoms with Crippen LogP contribution in [0.25, 0.3) is 0 Å². The summed E-state index contributed by atoms with van der Waals surface area (Å²) in [6.07, 6.45) is 13.1. The second-order valence-electron chi connectivity index (χ2n) is 6.99. The third kappa shape index (κ3) is 3.41. The second-order valence-corrected chi connectivity index (χ2v) is 6.99. The molecule has 3 aliphatic rings. The smallest absolute Gasteiger partial charge is 0.243 e. The molecule has 1 unspecified atom stereocenters. The Hall–Kier alpha value is -1.06. The van der Waals surface area contributed by atoms with Crippen LogP contribution in [-0.4, -0.2) is 34.8 Å². The Bertz CT molecular complexity index is 384. The topological polar surface area (TPSA) is 49.4 Å². The quantitative estimate of drug-likeness (QED) is 0.869. The summed E-state index contributed by atoms with van der Waals surface area (Å²) in [5.74, 6) is 0.309. The minimum absolute atomic E-state index is 0.110. The summed E-state index contributed by atoms with van der Waals surface area (Å²) in [7, 11) is 0. The van der Waals surface area contributed by atoms with Crippen molar-refractivity contribution in [3.05, 3.63) is 0 Å². The van der Waals surface area contributed by atoms with E-state index in [0.29, 0.717) is 24.9 Å². The monoisotopic (exact) mass is 292 g/mol. The van der Waals surface area contributed by atoms with Gasteiger partial charge in [-0.1, -0.05) is 38.5 Å². The van der Waals surface area contributed by atoms with Crippen molar-refractivity contribution in [2.24, 2.45) is 0 Å². The lowest BCUT2D eigenvalue weighted by atomic mass is 9.93.